The third-order valence-corrected chi connectivity index (χ3v) is 4.40. The molecule has 0 bridgehead atoms. The van der Waals surface area contributed by atoms with Crippen molar-refractivity contribution in [3.05, 3.63) is 84.6 Å². The van der Waals surface area contributed by atoms with Crippen molar-refractivity contribution in [2.24, 2.45) is 0 Å². The molecule has 4 rings (SSSR count). The van der Waals surface area contributed by atoms with Crippen molar-refractivity contribution in [1.82, 2.24) is 15.3 Å². The predicted octanol–water partition coefficient (Wildman–Crippen LogP) is 4.25. The number of amides is 1. The van der Waals surface area contributed by atoms with E-state index in [0.29, 0.717) is 12.0 Å². The fourth-order valence-electron chi connectivity index (χ4n) is 3.12. The third kappa shape index (κ3) is 3.72. The van der Waals surface area contributed by atoms with Crippen LogP contribution in [0.25, 0.3) is 22.2 Å². The monoisotopic (exact) mass is 357 g/mol. The molecule has 0 aliphatic heterocycles. The Morgan fingerprint density at radius 3 is 2.70 bits per heavy atom. The first-order valence-corrected chi connectivity index (χ1v) is 8.84. The van der Waals surface area contributed by atoms with Crippen molar-refractivity contribution in [2.45, 2.75) is 19.4 Å². The fourth-order valence-corrected chi connectivity index (χ4v) is 3.12. The summed E-state index contributed by atoms with van der Waals surface area (Å²) in [5.41, 5.74) is 3.07. The van der Waals surface area contributed by atoms with Crippen molar-refractivity contribution in [3.8, 4) is 11.3 Å². The van der Waals surface area contributed by atoms with Gasteiger partial charge in [-0.1, -0.05) is 18.2 Å². The number of hydrogen-bond donors (Lipinski definition) is 1. The molecular formula is C22H19N3O2. The molecule has 0 aliphatic rings. The summed E-state index contributed by atoms with van der Waals surface area (Å²) in [6.07, 6.45) is 5.72. The van der Waals surface area contributed by atoms with Gasteiger partial charge in [-0.2, -0.15) is 0 Å². The molecular weight excluding hydrogens is 338 g/mol. The minimum absolute atomic E-state index is 0.0556. The van der Waals surface area contributed by atoms with E-state index in [1.807, 2.05) is 61.5 Å². The number of furan rings is 1. The number of benzene rings is 1. The van der Waals surface area contributed by atoms with Crippen LogP contribution >= 0.6 is 0 Å². The maximum absolute atomic E-state index is 13.0. The van der Waals surface area contributed by atoms with Gasteiger partial charge in [0.15, 0.2) is 0 Å². The molecule has 5 heteroatoms. The van der Waals surface area contributed by atoms with Crippen molar-refractivity contribution in [2.75, 3.05) is 0 Å². The van der Waals surface area contributed by atoms with E-state index in [1.165, 1.54) is 0 Å². The van der Waals surface area contributed by atoms with Crippen LogP contribution in [-0.2, 0) is 6.42 Å². The molecule has 0 spiro atoms. The van der Waals surface area contributed by atoms with Crippen molar-refractivity contribution in [3.63, 3.8) is 0 Å². The Bertz CT molecular complexity index is 1060. The SMILES string of the molecule is C[C@@H](Cc1ccco1)NC(=O)c1cc(-c2ccncc2)nc2ccccc12. The van der Waals surface area contributed by atoms with E-state index in [0.717, 1.165) is 27.9 Å². The molecule has 1 atom stereocenters. The summed E-state index contributed by atoms with van der Waals surface area (Å²) in [6, 6.07) is 17.0. The average Bonchev–Trinajstić information content (AvgIpc) is 3.20. The highest BCUT2D eigenvalue weighted by Crippen LogP contribution is 2.24. The molecule has 5 nitrogen and oxygen atoms in total. The highest BCUT2D eigenvalue weighted by Gasteiger charge is 2.16. The number of para-hydroxylation sites is 1. The molecule has 1 amide bonds. The third-order valence-electron chi connectivity index (χ3n) is 4.40. The van der Waals surface area contributed by atoms with Crippen molar-refractivity contribution < 1.29 is 9.21 Å². The van der Waals surface area contributed by atoms with Gasteiger partial charge in [-0.15, -0.1) is 0 Å². The number of fused-ring (bicyclic) bond motifs is 1. The molecule has 0 radical (unpaired) electrons. The Labute approximate surface area is 157 Å². The lowest BCUT2D eigenvalue weighted by Gasteiger charge is -2.15. The van der Waals surface area contributed by atoms with Gasteiger partial charge in [0, 0.05) is 35.8 Å². The highest BCUT2D eigenvalue weighted by atomic mass is 16.3. The summed E-state index contributed by atoms with van der Waals surface area (Å²) in [4.78, 5) is 21.8. The number of pyridine rings is 2. The fraction of sp³-hybridized carbons (Fsp3) is 0.136. The summed E-state index contributed by atoms with van der Waals surface area (Å²) in [6.45, 7) is 1.97. The zero-order valence-electron chi connectivity index (χ0n) is 14.9. The topological polar surface area (TPSA) is 68.0 Å². The molecule has 134 valence electrons. The van der Waals surface area contributed by atoms with Crippen LogP contribution in [0.3, 0.4) is 0 Å². The Hall–Kier alpha value is -3.47. The Kier molecular flexibility index (Phi) is 4.66. The summed E-state index contributed by atoms with van der Waals surface area (Å²) < 4.78 is 5.37. The molecule has 3 heterocycles. The Morgan fingerprint density at radius 1 is 1.11 bits per heavy atom. The van der Waals surface area contributed by atoms with Gasteiger partial charge in [-0.25, -0.2) is 4.98 Å². The maximum Gasteiger partial charge on any atom is 0.252 e. The lowest BCUT2D eigenvalue weighted by atomic mass is 10.0. The minimum atomic E-state index is -0.122. The summed E-state index contributed by atoms with van der Waals surface area (Å²) in [7, 11) is 0. The standard InChI is InChI=1S/C22H19N3O2/c1-15(13-17-5-4-12-27-17)24-22(26)19-14-21(16-8-10-23-11-9-16)25-20-7-3-2-6-18(19)20/h2-12,14-15H,13H2,1H3,(H,24,26)/t15-/m0/s1. The molecule has 4 aromatic rings. The number of carbonyl (C=O) groups is 1. The van der Waals surface area contributed by atoms with E-state index in [2.05, 4.69) is 10.3 Å². The normalized spacial score (nSPS) is 12.0. The Balaban J connectivity index is 1.68. The molecule has 0 saturated heterocycles. The van der Waals surface area contributed by atoms with Gasteiger partial charge in [0.2, 0.25) is 0 Å². The van der Waals surface area contributed by atoms with E-state index in [9.17, 15) is 4.79 Å². The summed E-state index contributed by atoms with van der Waals surface area (Å²) in [5.74, 6) is 0.725. The van der Waals surface area contributed by atoms with E-state index in [-0.39, 0.29) is 11.9 Å². The van der Waals surface area contributed by atoms with Gasteiger partial charge in [0.05, 0.1) is 23.0 Å². The van der Waals surface area contributed by atoms with E-state index < -0.39 is 0 Å². The molecule has 1 N–H and O–H groups in total. The summed E-state index contributed by atoms with van der Waals surface area (Å²) in [5, 5.41) is 3.90. The second-order valence-corrected chi connectivity index (χ2v) is 6.47. The van der Waals surface area contributed by atoms with Crippen LogP contribution in [0, 0.1) is 0 Å². The van der Waals surface area contributed by atoms with Crippen LogP contribution in [-0.4, -0.2) is 21.9 Å². The van der Waals surface area contributed by atoms with Crippen LogP contribution in [0.15, 0.2) is 77.7 Å². The molecule has 3 aromatic heterocycles. The minimum Gasteiger partial charge on any atom is -0.469 e. The van der Waals surface area contributed by atoms with E-state index >= 15 is 0 Å². The smallest absolute Gasteiger partial charge is 0.252 e. The van der Waals surface area contributed by atoms with E-state index in [1.54, 1.807) is 18.7 Å². The lowest BCUT2D eigenvalue weighted by Crippen LogP contribution is -2.34. The Morgan fingerprint density at radius 2 is 1.93 bits per heavy atom. The predicted molar refractivity (Wildman–Crippen MR) is 104 cm³/mol. The van der Waals surface area contributed by atoms with Gasteiger partial charge in [-0.05, 0) is 43.3 Å². The van der Waals surface area contributed by atoms with Crippen LogP contribution in [0.1, 0.15) is 23.0 Å². The number of aromatic nitrogens is 2. The summed E-state index contributed by atoms with van der Waals surface area (Å²) >= 11 is 0. The molecule has 1 aromatic carbocycles. The number of nitrogens with zero attached hydrogens (tertiary/aromatic N) is 2. The zero-order chi connectivity index (χ0) is 18.6. The zero-order valence-corrected chi connectivity index (χ0v) is 14.9. The van der Waals surface area contributed by atoms with Gasteiger partial charge in [0.1, 0.15) is 5.76 Å². The number of carbonyl (C=O) groups excluding carboxylic acids is 1. The number of rotatable bonds is 5. The molecule has 0 unspecified atom stereocenters. The van der Waals surface area contributed by atoms with Crippen molar-refractivity contribution >= 4 is 16.8 Å². The van der Waals surface area contributed by atoms with E-state index in [4.69, 9.17) is 9.40 Å². The van der Waals surface area contributed by atoms with Crippen LogP contribution < -0.4 is 5.32 Å². The number of nitrogens with one attached hydrogen (secondary N) is 1. The largest absolute Gasteiger partial charge is 0.469 e. The average molecular weight is 357 g/mol. The number of hydrogen-bond acceptors (Lipinski definition) is 4. The first kappa shape index (κ1) is 17.0. The van der Waals surface area contributed by atoms with Crippen LogP contribution in [0.5, 0.6) is 0 Å². The van der Waals surface area contributed by atoms with Gasteiger partial charge in [0.25, 0.3) is 5.91 Å². The first-order valence-electron chi connectivity index (χ1n) is 8.84. The molecule has 0 fully saturated rings. The second-order valence-electron chi connectivity index (χ2n) is 6.47. The second kappa shape index (κ2) is 7.41. The molecule has 0 saturated carbocycles. The van der Waals surface area contributed by atoms with Crippen molar-refractivity contribution in [1.29, 1.82) is 0 Å². The van der Waals surface area contributed by atoms with Gasteiger partial charge in [-0.3, -0.25) is 9.78 Å². The lowest BCUT2D eigenvalue weighted by molar-refractivity contribution is 0.0941. The quantitative estimate of drug-likeness (QED) is 0.580. The maximum atomic E-state index is 13.0. The van der Waals surface area contributed by atoms with Gasteiger partial charge < -0.3 is 9.73 Å². The van der Waals surface area contributed by atoms with Crippen LogP contribution in [0.4, 0.5) is 0 Å². The molecule has 27 heavy (non-hydrogen) atoms. The first-order chi connectivity index (χ1) is 13.2. The molecule has 0 aliphatic carbocycles. The van der Waals surface area contributed by atoms with Gasteiger partial charge >= 0.3 is 0 Å². The highest BCUT2D eigenvalue weighted by molar-refractivity contribution is 6.07. The van der Waals surface area contributed by atoms with Crippen LogP contribution in [0.2, 0.25) is 0 Å².